The molecule has 3 rings (SSSR count). The van der Waals surface area contributed by atoms with Crippen molar-refractivity contribution in [2.45, 2.75) is 19.9 Å². The molecule has 3 heterocycles. The van der Waals surface area contributed by atoms with Crippen LogP contribution >= 0.6 is 0 Å². The van der Waals surface area contributed by atoms with E-state index in [0.29, 0.717) is 0 Å². The van der Waals surface area contributed by atoms with Crippen LogP contribution in [0.3, 0.4) is 0 Å². The maximum Gasteiger partial charge on any atom is 0.157 e. The predicted octanol–water partition coefficient (Wildman–Crippen LogP) is 1.13. The molecule has 0 amide bonds. The molecule has 0 aliphatic heterocycles. The summed E-state index contributed by atoms with van der Waals surface area (Å²) in [5.41, 5.74) is 2.03. The van der Waals surface area contributed by atoms with Crippen molar-refractivity contribution in [1.29, 1.82) is 0 Å². The van der Waals surface area contributed by atoms with Gasteiger partial charge in [0.1, 0.15) is 12.1 Å². The summed E-state index contributed by atoms with van der Waals surface area (Å²) in [4.78, 5) is 4.20. The highest BCUT2D eigenvalue weighted by Crippen LogP contribution is 2.12. The highest BCUT2D eigenvalue weighted by Gasteiger charge is 2.03. The molecule has 98 valence electrons. The van der Waals surface area contributed by atoms with Gasteiger partial charge in [-0.25, -0.2) is 4.98 Å². The minimum Gasteiger partial charge on any atom is -0.370 e. The van der Waals surface area contributed by atoms with Gasteiger partial charge in [-0.1, -0.05) is 5.21 Å². The van der Waals surface area contributed by atoms with Crippen molar-refractivity contribution < 1.29 is 0 Å². The van der Waals surface area contributed by atoms with Crippen LogP contribution in [0, 0.1) is 6.92 Å². The maximum atomic E-state index is 4.20. The predicted molar refractivity (Wildman–Crippen MR) is 70.9 cm³/mol. The average molecular weight is 257 g/mol. The van der Waals surface area contributed by atoms with Gasteiger partial charge >= 0.3 is 0 Å². The van der Waals surface area contributed by atoms with Crippen LogP contribution < -0.4 is 5.32 Å². The molecule has 7 nitrogen and oxygen atoms in total. The first-order chi connectivity index (χ1) is 9.33. The van der Waals surface area contributed by atoms with Crippen LogP contribution in [0.2, 0.25) is 0 Å². The fourth-order valence-corrected chi connectivity index (χ4v) is 1.99. The number of hydrogen-bond donors (Lipinski definition) is 1. The van der Waals surface area contributed by atoms with Gasteiger partial charge in [-0.3, -0.25) is 4.68 Å². The molecule has 0 aliphatic rings. The second kappa shape index (κ2) is 5.05. The van der Waals surface area contributed by atoms with E-state index in [0.717, 1.165) is 31.0 Å². The summed E-state index contributed by atoms with van der Waals surface area (Å²) in [6.07, 6.45) is 6.08. The summed E-state index contributed by atoms with van der Waals surface area (Å²) in [6, 6.07) is 4.07. The summed E-state index contributed by atoms with van der Waals surface area (Å²) < 4.78 is 3.63. The van der Waals surface area contributed by atoms with E-state index in [-0.39, 0.29) is 0 Å². The Morgan fingerprint density at radius 1 is 1.32 bits per heavy atom. The summed E-state index contributed by atoms with van der Waals surface area (Å²) in [7, 11) is 0. The standard InChI is InChI=1S/C12H15N7/c1-10-7-11(19-12(8-10)14-9-16-19)13-3-2-5-18-6-4-15-17-18/h4,6-9,13H,2-3,5H2,1H3. The van der Waals surface area contributed by atoms with Gasteiger partial charge in [-0.15, -0.1) is 5.10 Å². The first-order valence-electron chi connectivity index (χ1n) is 6.21. The minimum atomic E-state index is 0.846. The van der Waals surface area contributed by atoms with Crippen LogP contribution in [0.4, 0.5) is 5.82 Å². The molecule has 0 aliphatic carbocycles. The van der Waals surface area contributed by atoms with Crippen molar-refractivity contribution in [2.24, 2.45) is 0 Å². The monoisotopic (exact) mass is 257 g/mol. The summed E-state index contributed by atoms with van der Waals surface area (Å²) in [5, 5.41) is 15.3. The first kappa shape index (κ1) is 11.6. The molecule has 0 unspecified atom stereocenters. The van der Waals surface area contributed by atoms with Crippen molar-refractivity contribution in [1.82, 2.24) is 29.6 Å². The zero-order chi connectivity index (χ0) is 13.1. The Kier molecular flexibility index (Phi) is 3.09. The number of nitrogens with zero attached hydrogens (tertiary/aromatic N) is 6. The molecule has 0 saturated carbocycles. The lowest BCUT2D eigenvalue weighted by Crippen LogP contribution is -2.10. The molecule has 19 heavy (non-hydrogen) atoms. The van der Waals surface area contributed by atoms with Gasteiger partial charge in [-0.05, 0) is 31.0 Å². The fourth-order valence-electron chi connectivity index (χ4n) is 1.99. The van der Waals surface area contributed by atoms with Gasteiger partial charge in [0, 0.05) is 19.3 Å². The molecule has 0 spiro atoms. The van der Waals surface area contributed by atoms with E-state index in [2.05, 4.69) is 38.7 Å². The molecule has 7 heteroatoms. The Morgan fingerprint density at radius 2 is 2.26 bits per heavy atom. The van der Waals surface area contributed by atoms with Crippen LogP contribution in [-0.4, -0.2) is 36.1 Å². The number of hydrogen-bond acceptors (Lipinski definition) is 5. The SMILES string of the molecule is Cc1cc(NCCCn2ccnn2)n2ncnc2c1. The van der Waals surface area contributed by atoms with Gasteiger partial charge in [0.2, 0.25) is 0 Å². The van der Waals surface area contributed by atoms with Crippen molar-refractivity contribution >= 4 is 11.5 Å². The molecule has 0 bridgehead atoms. The Hall–Kier alpha value is -2.44. The lowest BCUT2D eigenvalue weighted by Gasteiger charge is -2.09. The third kappa shape index (κ3) is 2.54. The number of aryl methyl sites for hydroxylation is 2. The molecular weight excluding hydrogens is 242 g/mol. The van der Waals surface area contributed by atoms with Crippen molar-refractivity contribution in [3.05, 3.63) is 36.4 Å². The van der Waals surface area contributed by atoms with E-state index in [1.54, 1.807) is 12.5 Å². The van der Waals surface area contributed by atoms with E-state index in [1.807, 2.05) is 21.5 Å². The Labute approximate surface area is 110 Å². The molecule has 0 aromatic carbocycles. The number of aromatic nitrogens is 6. The largest absolute Gasteiger partial charge is 0.370 e. The fraction of sp³-hybridized carbons (Fsp3) is 0.333. The quantitative estimate of drug-likeness (QED) is 0.694. The van der Waals surface area contributed by atoms with Crippen molar-refractivity contribution in [3.63, 3.8) is 0 Å². The van der Waals surface area contributed by atoms with Gasteiger partial charge < -0.3 is 5.32 Å². The van der Waals surface area contributed by atoms with Crippen molar-refractivity contribution in [3.8, 4) is 0 Å². The first-order valence-corrected chi connectivity index (χ1v) is 6.21. The summed E-state index contributed by atoms with van der Waals surface area (Å²) in [6.45, 7) is 3.74. The maximum absolute atomic E-state index is 4.20. The molecule has 0 atom stereocenters. The molecule has 0 saturated heterocycles. The molecule has 3 aromatic rings. The average Bonchev–Trinajstić information content (AvgIpc) is 3.04. The van der Waals surface area contributed by atoms with Gasteiger partial charge in [0.15, 0.2) is 5.65 Å². The lowest BCUT2D eigenvalue weighted by molar-refractivity contribution is 0.569. The minimum absolute atomic E-state index is 0.846. The third-order valence-corrected chi connectivity index (χ3v) is 2.87. The van der Waals surface area contributed by atoms with Crippen LogP contribution in [0.1, 0.15) is 12.0 Å². The van der Waals surface area contributed by atoms with Gasteiger partial charge in [0.25, 0.3) is 0 Å². The number of pyridine rings is 1. The normalized spacial score (nSPS) is 11.0. The molecule has 1 N–H and O–H groups in total. The van der Waals surface area contributed by atoms with E-state index in [9.17, 15) is 0 Å². The van der Waals surface area contributed by atoms with E-state index in [4.69, 9.17) is 0 Å². The van der Waals surface area contributed by atoms with Crippen LogP contribution in [-0.2, 0) is 6.54 Å². The van der Waals surface area contributed by atoms with E-state index in [1.165, 1.54) is 5.56 Å². The zero-order valence-corrected chi connectivity index (χ0v) is 10.7. The molecule has 0 radical (unpaired) electrons. The Morgan fingerprint density at radius 3 is 3.11 bits per heavy atom. The van der Waals surface area contributed by atoms with E-state index < -0.39 is 0 Å². The smallest absolute Gasteiger partial charge is 0.157 e. The second-order valence-electron chi connectivity index (χ2n) is 4.39. The number of anilines is 1. The van der Waals surface area contributed by atoms with Crippen LogP contribution in [0.15, 0.2) is 30.9 Å². The Bertz CT molecular complexity index is 656. The number of rotatable bonds is 5. The van der Waals surface area contributed by atoms with Crippen LogP contribution in [0.25, 0.3) is 5.65 Å². The summed E-state index contributed by atoms with van der Waals surface area (Å²) in [5.74, 6) is 0.964. The molecule has 3 aromatic heterocycles. The molecule has 0 fully saturated rings. The zero-order valence-electron chi connectivity index (χ0n) is 10.7. The van der Waals surface area contributed by atoms with E-state index >= 15 is 0 Å². The highest BCUT2D eigenvalue weighted by atomic mass is 15.4. The van der Waals surface area contributed by atoms with Gasteiger partial charge in [-0.2, -0.15) is 9.61 Å². The highest BCUT2D eigenvalue weighted by molar-refractivity contribution is 5.51. The Balaban J connectivity index is 1.63. The number of nitrogens with one attached hydrogen (secondary N) is 1. The lowest BCUT2D eigenvalue weighted by atomic mass is 10.3. The van der Waals surface area contributed by atoms with Gasteiger partial charge in [0.05, 0.1) is 6.20 Å². The number of fused-ring (bicyclic) bond motifs is 1. The molecular formula is C12H15N7. The second-order valence-corrected chi connectivity index (χ2v) is 4.39. The van der Waals surface area contributed by atoms with Crippen molar-refractivity contribution in [2.75, 3.05) is 11.9 Å². The topological polar surface area (TPSA) is 72.9 Å². The van der Waals surface area contributed by atoms with Crippen LogP contribution in [0.5, 0.6) is 0 Å². The summed E-state index contributed by atoms with van der Waals surface area (Å²) >= 11 is 0. The third-order valence-electron chi connectivity index (χ3n) is 2.87.